The minimum Gasteiger partial charge on any atom is -0.455 e. The maximum atomic E-state index is 13.3. The number of benzene rings is 3. The number of carbonyl (C=O) groups is 1. The summed E-state index contributed by atoms with van der Waals surface area (Å²) in [6.07, 6.45) is 0.195. The van der Waals surface area contributed by atoms with E-state index in [4.69, 9.17) is 9.47 Å². The number of amides is 1. The van der Waals surface area contributed by atoms with Crippen LogP contribution in [-0.4, -0.2) is 44.9 Å². The van der Waals surface area contributed by atoms with E-state index in [0.29, 0.717) is 19.0 Å². The fraction of sp³-hybridized carbons (Fsp3) is 0.269. The van der Waals surface area contributed by atoms with Crippen molar-refractivity contribution in [3.05, 3.63) is 84.2 Å². The lowest BCUT2D eigenvalue weighted by Crippen LogP contribution is -2.40. The van der Waals surface area contributed by atoms with Crippen LogP contribution in [0.15, 0.2) is 77.7 Å². The summed E-state index contributed by atoms with van der Waals surface area (Å²) in [4.78, 5) is 13.0. The van der Waals surface area contributed by atoms with E-state index < -0.39 is 15.8 Å². The molecule has 9 heteroatoms. The number of nitrogens with zero attached hydrogens (tertiary/aromatic N) is 1. The first-order valence-corrected chi connectivity index (χ1v) is 12.8. The fourth-order valence-electron chi connectivity index (χ4n) is 3.80. The minimum atomic E-state index is -3.78. The fourth-order valence-corrected chi connectivity index (χ4v) is 5.24. The Bertz CT molecular complexity index is 1260. The highest BCUT2D eigenvalue weighted by atomic mass is 32.2. The Balaban J connectivity index is 1.60. The Morgan fingerprint density at radius 2 is 1.74 bits per heavy atom. The van der Waals surface area contributed by atoms with Crippen molar-refractivity contribution in [2.75, 3.05) is 31.6 Å². The molecule has 1 atom stereocenters. The molecule has 184 valence electrons. The Hall–Kier alpha value is -3.27. The highest BCUT2D eigenvalue weighted by molar-refractivity contribution is 7.89. The number of halogens is 1. The zero-order valence-corrected chi connectivity index (χ0v) is 20.1. The Kier molecular flexibility index (Phi) is 7.80. The number of hydrogen-bond acceptors (Lipinski definition) is 5. The van der Waals surface area contributed by atoms with E-state index >= 15 is 0 Å². The van der Waals surface area contributed by atoms with Crippen molar-refractivity contribution >= 4 is 21.6 Å². The number of carbonyl (C=O) groups excluding carboxylic acids is 1. The third-order valence-electron chi connectivity index (χ3n) is 5.73. The predicted octanol–water partition coefficient (Wildman–Crippen LogP) is 4.77. The third kappa shape index (κ3) is 6.25. The summed E-state index contributed by atoms with van der Waals surface area (Å²) in [6.45, 7) is 3.11. The van der Waals surface area contributed by atoms with Gasteiger partial charge in [0, 0.05) is 19.5 Å². The maximum Gasteiger partial charge on any atom is 0.243 e. The van der Waals surface area contributed by atoms with Crippen LogP contribution in [0.1, 0.15) is 24.8 Å². The summed E-state index contributed by atoms with van der Waals surface area (Å²) in [5, 5.41) is 2.81. The Morgan fingerprint density at radius 1 is 1.06 bits per heavy atom. The highest BCUT2D eigenvalue weighted by Gasteiger charge is 2.27. The lowest BCUT2D eigenvalue weighted by Gasteiger charge is -2.26. The van der Waals surface area contributed by atoms with Crippen LogP contribution < -0.4 is 10.1 Å². The van der Waals surface area contributed by atoms with Crippen LogP contribution in [0, 0.1) is 5.82 Å². The quantitative estimate of drug-likeness (QED) is 0.484. The van der Waals surface area contributed by atoms with Crippen molar-refractivity contribution in [3.63, 3.8) is 0 Å². The number of ether oxygens (including phenoxy) is 2. The van der Waals surface area contributed by atoms with E-state index in [-0.39, 0.29) is 47.7 Å². The van der Waals surface area contributed by atoms with E-state index in [1.54, 1.807) is 0 Å². The Morgan fingerprint density at radius 3 is 2.43 bits per heavy atom. The molecule has 0 aliphatic carbocycles. The molecule has 1 heterocycles. The number of hydrogen-bond donors (Lipinski definition) is 1. The largest absolute Gasteiger partial charge is 0.455 e. The molecule has 0 aromatic heterocycles. The zero-order chi connectivity index (χ0) is 24.8. The van der Waals surface area contributed by atoms with Gasteiger partial charge in [-0.1, -0.05) is 37.3 Å². The van der Waals surface area contributed by atoms with Gasteiger partial charge in [-0.05, 0) is 53.9 Å². The van der Waals surface area contributed by atoms with Gasteiger partial charge in [0.25, 0.3) is 0 Å². The van der Waals surface area contributed by atoms with Gasteiger partial charge in [-0.25, -0.2) is 12.8 Å². The van der Waals surface area contributed by atoms with Gasteiger partial charge in [0.2, 0.25) is 15.9 Å². The SMILES string of the molecule is CC(CC(=O)Nc1cc(S(=O)(=O)N2CCOCC2)ccc1Oc1ccc(F)cc1)c1ccccc1. The van der Waals surface area contributed by atoms with Crippen molar-refractivity contribution in [2.24, 2.45) is 0 Å². The van der Waals surface area contributed by atoms with Crippen LogP contribution in [-0.2, 0) is 19.6 Å². The molecule has 1 amide bonds. The second kappa shape index (κ2) is 11.0. The summed E-state index contributed by atoms with van der Waals surface area (Å²) in [6, 6.07) is 19.4. The van der Waals surface area contributed by atoms with E-state index in [1.807, 2.05) is 37.3 Å². The summed E-state index contributed by atoms with van der Waals surface area (Å²) >= 11 is 0. The van der Waals surface area contributed by atoms with Crippen LogP contribution in [0.3, 0.4) is 0 Å². The summed E-state index contributed by atoms with van der Waals surface area (Å²) in [5.41, 5.74) is 1.24. The number of nitrogens with one attached hydrogen (secondary N) is 1. The normalized spacial score (nSPS) is 15.4. The average molecular weight is 499 g/mol. The van der Waals surface area contributed by atoms with Gasteiger partial charge in [0.15, 0.2) is 5.75 Å². The van der Waals surface area contributed by atoms with Gasteiger partial charge in [-0.15, -0.1) is 0 Å². The van der Waals surface area contributed by atoms with Gasteiger partial charge >= 0.3 is 0 Å². The predicted molar refractivity (Wildman–Crippen MR) is 131 cm³/mol. The standard InChI is InChI=1S/C26H27FN2O5S/c1-19(20-5-3-2-4-6-20)17-26(30)28-24-18-23(35(31,32)29-13-15-33-16-14-29)11-12-25(24)34-22-9-7-21(27)8-10-22/h2-12,18-19H,13-17H2,1H3,(H,28,30). The van der Waals surface area contributed by atoms with Gasteiger partial charge < -0.3 is 14.8 Å². The van der Waals surface area contributed by atoms with Crippen molar-refractivity contribution in [1.29, 1.82) is 0 Å². The first kappa shape index (κ1) is 24.8. The molecular formula is C26H27FN2O5S. The molecule has 1 N–H and O–H groups in total. The topological polar surface area (TPSA) is 84.9 Å². The summed E-state index contributed by atoms with van der Waals surface area (Å²) in [7, 11) is -3.78. The van der Waals surface area contributed by atoms with Crippen LogP contribution in [0.5, 0.6) is 11.5 Å². The molecule has 0 radical (unpaired) electrons. The first-order valence-electron chi connectivity index (χ1n) is 11.3. The summed E-state index contributed by atoms with van der Waals surface area (Å²) < 4.78 is 52.1. The van der Waals surface area contributed by atoms with Crippen molar-refractivity contribution < 1.29 is 27.1 Å². The maximum absolute atomic E-state index is 13.3. The number of rotatable bonds is 8. The van der Waals surface area contributed by atoms with Gasteiger partial charge in [0.05, 0.1) is 23.8 Å². The molecule has 7 nitrogen and oxygen atoms in total. The van der Waals surface area contributed by atoms with Crippen molar-refractivity contribution in [2.45, 2.75) is 24.2 Å². The molecule has 0 bridgehead atoms. The molecule has 1 aliphatic rings. The first-order chi connectivity index (χ1) is 16.8. The van der Waals surface area contributed by atoms with Crippen molar-refractivity contribution in [1.82, 2.24) is 4.31 Å². The second-order valence-electron chi connectivity index (χ2n) is 8.29. The van der Waals surface area contributed by atoms with E-state index in [1.165, 1.54) is 46.8 Å². The molecule has 1 aliphatic heterocycles. The lowest BCUT2D eigenvalue weighted by atomic mass is 9.97. The monoisotopic (exact) mass is 498 g/mol. The lowest BCUT2D eigenvalue weighted by molar-refractivity contribution is -0.116. The third-order valence-corrected chi connectivity index (χ3v) is 7.63. The zero-order valence-electron chi connectivity index (χ0n) is 19.3. The van der Waals surface area contributed by atoms with E-state index in [0.717, 1.165) is 5.56 Å². The Labute approximate surface area is 204 Å². The van der Waals surface area contributed by atoms with Crippen LogP contribution in [0.4, 0.5) is 10.1 Å². The molecule has 1 saturated heterocycles. The molecule has 3 aromatic carbocycles. The number of sulfonamides is 1. The summed E-state index contributed by atoms with van der Waals surface area (Å²) in [5.74, 6) is -0.140. The number of morpholine rings is 1. The molecule has 3 aromatic rings. The van der Waals surface area contributed by atoms with Gasteiger partial charge in [0.1, 0.15) is 11.6 Å². The van der Waals surface area contributed by atoms with E-state index in [2.05, 4.69) is 5.32 Å². The molecule has 1 unspecified atom stereocenters. The average Bonchev–Trinajstić information content (AvgIpc) is 2.87. The van der Waals surface area contributed by atoms with Gasteiger partial charge in [-0.3, -0.25) is 4.79 Å². The van der Waals surface area contributed by atoms with Crippen molar-refractivity contribution in [3.8, 4) is 11.5 Å². The molecule has 0 saturated carbocycles. The van der Waals surface area contributed by atoms with Crippen LogP contribution in [0.2, 0.25) is 0 Å². The second-order valence-corrected chi connectivity index (χ2v) is 10.2. The molecule has 4 rings (SSSR count). The molecular weight excluding hydrogens is 471 g/mol. The van der Waals surface area contributed by atoms with Crippen LogP contribution in [0.25, 0.3) is 0 Å². The molecule has 1 fully saturated rings. The van der Waals surface area contributed by atoms with Gasteiger partial charge in [-0.2, -0.15) is 4.31 Å². The van der Waals surface area contributed by atoms with Crippen LogP contribution >= 0.6 is 0 Å². The minimum absolute atomic E-state index is 0.0391. The smallest absolute Gasteiger partial charge is 0.243 e. The van der Waals surface area contributed by atoms with E-state index in [9.17, 15) is 17.6 Å². The molecule has 35 heavy (non-hydrogen) atoms. The molecule has 0 spiro atoms. The highest BCUT2D eigenvalue weighted by Crippen LogP contribution is 2.33. The number of anilines is 1.